The van der Waals surface area contributed by atoms with Crippen molar-refractivity contribution in [2.45, 2.75) is 45.8 Å². The minimum Gasteiger partial charge on any atom is -0.379 e. The number of nitrogens with two attached hydrogens (primary N) is 1. The summed E-state index contributed by atoms with van der Waals surface area (Å²) in [6, 6.07) is 0.362. The largest absolute Gasteiger partial charge is 0.379 e. The number of nitrogens with one attached hydrogen (secondary N) is 2. The molecular weight excluding hydrogens is 421 g/mol. The van der Waals surface area contributed by atoms with E-state index in [9.17, 15) is 4.79 Å². The number of likely N-dealkylation sites (tertiary alicyclic amines) is 1. The first kappa shape index (κ1) is 23.4. The molecule has 142 valence electrons. The van der Waals surface area contributed by atoms with Crippen molar-refractivity contribution in [2.24, 2.45) is 16.1 Å². The molecule has 1 amide bonds. The third kappa shape index (κ3) is 8.48. The van der Waals surface area contributed by atoms with Gasteiger partial charge in [-0.3, -0.25) is 14.7 Å². The van der Waals surface area contributed by atoms with Crippen LogP contribution in [0.4, 0.5) is 0 Å². The highest BCUT2D eigenvalue weighted by molar-refractivity contribution is 14.0. The minimum absolute atomic E-state index is 0. The van der Waals surface area contributed by atoms with E-state index in [0.717, 1.165) is 31.9 Å². The Labute approximate surface area is 163 Å². The molecule has 4 N–H and O–H groups in total. The van der Waals surface area contributed by atoms with Crippen molar-refractivity contribution in [1.82, 2.24) is 15.5 Å². The number of hydrogen-bond acceptors (Lipinski definition) is 4. The minimum atomic E-state index is -0.262. The zero-order valence-electron chi connectivity index (χ0n) is 15.6. The van der Waals surface area contributed by atoms with E-state index in [1.807, 2.05) is 0 Å². The molecule has 7 nitrogen and oxygen atoms in total. The lowest BCUT2D eigenvalue weighted by Crippen LogP contribution is -2.51. The van der Waals surface area contributed by atoms with Crippen LogP contribution in [0.5, 0.6) is 0 Å². The molecule has 0 radical (unpaired) electrons. The highest BCUT2D eigenvalue weighted by Crippen LogP contribution is 2.20. The fourth-order valence-electron chi connectivity index (χ4n) is 2.78. The molecule has 24 heavy (non-hydrogen) atoms. The Morgan fingerprint density at radius 1 is 1.38 bits per heavy atom. The maximum absolute atomic E-state index is 11.0. The van der Waals surface area contributed by atoms with Crippen LogP contribution in [0, 0.1) is 5.41 Å². The predicted octanol–water partition coefficient (Wildman–Crippen LogP) is 0.780. The fourth-order valence-corrected chi connectivity index (χ4v) is 2.78. The summed E-state index contributed by atoms with van der Waals surface area (Å²) in [6.45, 7) is 9.29. The van der Waals surface area contributed by atoms with Crippen LogP contribution in [-0.4, -0.2) is 69.2 Å². The van der Waals surface area contributed by atoms with E-state index in [1.165, 1.54) is 0 Å². The molecule has 0 spiro atoms. The number of carbonyl (C=O) groups is 1. The number of halogens is 1. The van der Waals surface area contributed by atoms with Crippen LogP contribution in [0.2, 0.25) is 0 Å². The number of methoxy groups -OCH3 is 1. The number of nitrogens with zero attached hydrogens (tertiary/aromatic N) is 2. The van der Waals surface area contributed by atoms with Crippen LogP contribution in [0.1, 0.15) is 33.6 Å². The highest BCUT2D eigenvalue weighted by Gasteiger charge is 2.25. The third-order valence-electron chi connectivity index (χ3n) is 4.24. The number of piperidine rings is 1. The molecule has 1 saturated heterocycles. The Bertz CT molecular complexity index is 404. The van der Waals surface area contributed by atoms with Gasteiger partial charge in [-0.2, -0.15) is 0 Å². The Hall–Kier alpha value is -0.610. The van der Waals surface area contributed by atoms with E-state index >= 15 is 0 Å². The fraction of sp³-hybridized carbons (Fsp3) is 0.875. The van der Waals surface area contributed by atoms with Crippen LogP contribution in [0.25, 0.3) is 0 Å². The van der Waals surface area contributed by atoms with Crippen molar-refractivity contribution in [3.05, 3.63) is 0 Å². The van der Waals surface area contributed by atoms with Crippen molar-refractivity contribution in [3.8, 4) is 0 Å². The van der Waals surface area contributed by atoms with Gasteiger partial charge >= 0.3 is 0 Å². The molecule has 0 aromatic carbocycles. The van der Waals surface area contributed by atoms with E-state index < -0.39 is 0 Å². The first-order chi connectivity index (χ1) is 10.8. The third-order valence-corrected chi connectivity index (χ3v) is 4.24. The summed E-state index contributed by atoms with van der Waals surface area (Å²) in [5, 5.41) is 6.79. The predicted molar refractivity (Wildman–Crippen MR) is 109 cm³/mol. The van der Waals surface area contributed by atoms with Crippen LogP contribution < -0.4 is 16.4 Å². The van der Waals surface area contributed by atoms with E-state index in [4.69, 9.17) is 10.5 Å². The average molecular weight is 455 g/mol. The second-order valence-electron chi connectivity index (χ2n) is 7.20. The molecule has 0 aromatic rings. The highest BCUT2D eigenvalue weighted by atomic mass is 127. The standard InChI is InChI=1S/C16H33N5O2.HI/c1-16(2,3)13(23-5)10-19-15(18-4)20-12-6-8-21(9-7-12)11-14(17)22;/h12-13H,6-11H2,1-5H3,(H2,17,22)(H2,18,19,20);1H. The smallest absolute Gasteiger partial charge is 0.231 e. The second kappa shape index (κ2) is 11.1. The van der Waals surface area contributed by atoms with Gasteiger partial charge in [-0.25, -0.2) is 0 Å². The summed E-state index contributed by atoms with van der Waals surface area (Å²) in [4.78, 5) is 17.3. The van der Waals surface area contributed by atoms with Crippen molar-refractivity contribution in [3.63, 3.8) is 0 Å². The first-order valence-electron chi connectivity index (χ1n) is 8.27. The molecule has 8 heteroatoms. The lowest BCUT2D eigenvalue weighted by molar-refractivity contribution is -0.119. The van der Waals surface area contributed by atoms with Crippen molar-refractivity contribution in [1.29, 1.82) is 0 Å². The summed E-state index contributed by atoms with van der Waals surface area (Å²) in [5.74, 6) is 0.534. The molecule has 1 atom stereocenters. The molecule has 0 aliphatic carbocycles. The number of guanidine groups is 1. The molecule has 1 aliphatic rings. The lowest BCUT2D eigenvalue weighted by Gasteiger charge is -2.33. The van der Waals surface area contributed by atoms with Gasteiger partial charge in [0.25, 0.3) is 0 Å². The van der Waals surface area contributed by atoms with Crippen LogP contribution in [0.15, 0.2) is 4.99 Å². The SMILES string of the molecule is CN=C(NCC(OC)C(C)(C)C)NC1CCN(CC(N)=O)CC1.I. The van der Waals surface area contributed by atoms with Gasteiger partial charge in [-0.05, 0) is 18.3 Å². The van der Waals surface area contributed by atoms with Gasteiger partial charge in [0.05, 0.1) is 12.6 Å². The monoisotopic (exact) mass is 455 g/mol. The van der Waals surface area contributed by atoms with Gasteiger partial charge < -0.3 is 21.1 Å². The Kier molecular flexibility index (Phi) is 10.8. The number of primary amides is 1. The molecule has 0 bridgehead atoms. The normalized spacial score (nSPS) is 18.6. The Morgan fingerprint density at radius 2 is 1.96 bits per heavy atom. The summed E-state index contributed by atoms with van der Waals surface area (Å²) in [5.41, 5.74) is 5.31. The first-order valence-corrected chi connectivity index (χ1v) is 8.27. The van der Waals surface area contributed by atoms with Crippen molar-refractivity contribution >= 4 is 35.8 Å². The van der Waals surface area contributed by atoms with Gasteiger partial charge in [-0.1, -0.05) is 20.8 Å². The van der Waals surface area contributed by atoms with E-state index in [0.29, 0.717) is 19.1 Å². The summed E-state index contributed by atoms with van der Waals surface area (Å²) < 4.78 is 5.55. The Balaban J connectivity index is 0.00000529. The van der Waals surface area contributed by atoms with Crippen LogP contribution in [-0.2, 0) is 9.53 Å². The molecular formula is C16H34IN5O2. The molecule has 1 aliphatic heterocycles. The number of carbonyl (C=O) groups excluding carboxylic acids is 1. The number of ether oxygens (including phenoxy) is 1. The van der Waals surface area contributed by atoms with Gasteiger partial charge in [-0.15, -0.1) is 24.0 Å². The number of amides is 1. The second-order valence-corrected chi connectivity index (χ2v) is 7.20. The summed E-state index contributed by atoms with van der Waals surface area (Å²) in [7, 11) is 3.51. The van der Waals surface area contributed by atoms with E-state index in [2.05, 4.69) is 41.3 Å². The maximum Gasteiger partial charge on any atom is 0.231 e. The van der Waals surface area contributed by atoms with Crippen LogP contribution >= 0.6 is 24.0 Å². The van der Waals surface area contributed by atoms with Crippen LogP contribution in [0.3, 0.4) is 0 Å². The number of aliphatic imine (C=N–C) groups is 1. The topological polar surface area (TPSA) is 92.0 Å². The maximum atomic E-state index is 11.0. The quantitative estimate of drug-likeness (QED) is 0.313. The summed E-state index contributed by atoms with van der Waals surface area (Å²) >= 11 is 0. The van der Waals surface area contributed by atoms with E-state index in [-0.39, 0.29) is 41.4 Å². The molecule has 1 rings (SSSR count). The van der Waals surface area contributed by atoms with Gasteiger partial charge in [0.2, 0.25) is 5.91 Å². The van der Waals surface area contributed by atoms with Gasteiger partial charge in [0.1, 0.15) is 0 Å². The molecule has 0 aromatic heterocycles. The van der Waals surface area contributed by atoms with E-state index in [1.54, 1.807) is 14.2 Å². The number of hydrogen-bond donors (Lipinski definition) is 3. The van der Waals surface area contributed by atoms with Crippen molar-refractivity contribution in [2.75, 3.05) is 40.3 Å². The zero-order valence-corrected chi connectivity index (χ0v) is 17.9. The molecule has 1 heterocycles. The molecule has 1 fully saturated rings. The lowest BCUT2D eigenvalue weighted by atomic mass is 9.89. The molecule has 1 unspecified atom stereocenters. The van der Waals surface area contributed by atoms with Crippen molar-refractivity contribution < 1.29 is 9.53 Å². The molecule has 0 saturated carbocycles. The zero-order chi connectivity index (χ0) is 17.5. The van der Waals surface area contributed by atoms with Gasteiger partial charge in [0.15, 0.2) is 5.96 Å². The van der Waals surface area contributed by atoms with Gasteiger partial charge in [0, 0.05) is 39.8 Å². The number of rotatable bonds is 6. The summed E-state index contributed by atoms with van der Waals surface area (Å²) in [6.07, 6.45) is 2.06. The average Bonchev–Trinajstić information content (AvgIpc) is 2.46. The Morgan fingerprint density at radius 3 is 2.38 bits per heavy atom.